The van der Waals surface area contributed by atoms with E-state index in [0.29, 0.717) is 30.3 Å². The number of sulfone groups is 1. The van der Waals surface area contributed by atoms with Gasteiger partial charge in [0.25, 0.3) is 5.71 Å². The third-order valence-corrected chi connectivity index (χ3v) is 5.59. The summed E-state index contributed by atoms with van der Waals surface area (Å²) < 4.78 is 28.6. The van der Waals surface area contributed by atoms with Gasteiger partial charge >= 0.3 is 0 Å². The molecule has 0 bridgehead atoms. The average Bonchev–Trinajstić information content (AvgIpc) is 2.75. The number of nitrogens with zero attached hydrogens (tertiary/aromatic N) is 4. The molecule has 0 saturated carbocycles. The largest absolute Gasteiger partial charge is 0.354 e. The topological polar surface area (TPSA) is 89.2 Å². The Morgan fingerprint density at radius 2 is 2.21 bits per heavy atom. The molecule has 0 aliphatic carbocycles. The van der Waals surface area contributed by atoms with Crippen LogP contribution in [0.3, 0.4) is 0 Å². The Hall–Kier alpha value is -1.70. The molecular weight excluding hydrogens is 268 g/mol. The Bertz CT molecular complexity index is 725. The van der Waals surface area contributed by atoms with Crippen LogP contribution in [-0.4, -0.2) is 47.6 Å². The fourth-order valence-electron chi connectivity index (χ4n) is 2.29. The molecule has 1 fully saturated rings. The number of rotatable bonds is 1. The summed E-state index contributed by atoms with van der Waals surface area (Å²) in [5.41, 5.74) is 1.15. The fourth-order valence-corrected chi connectivity index (χ4v) is 3.57. The van der Waals surface area contributed by atoms with Crippen LogP contribution in [0.4, 0.5) is 5.82 Å². The summed E-state index contributed by atoms with van der Waals surface area (Å²) >= 11 is 0. The van der Waals surface area contributed by atoms with E-state index in [-0.39, 0.29) is 5.75 Å². The molecule has 3 heterocycles. The van der Waals surface area contributed by atoms with Gasteiger partial charge in [0.1, 0.15) is 17.5 Å². The Labute approximate surface area is 110 Å². The maximum Gasteiger partial charge on any atom is 0.263 e. The van der Waals surface area contributed by atoms with Gasteiger partial charge in [-0.1, -0.05) is 5.16 Å². The molecule has 19 heavy (non-hydrogen) atoms. The van der Waals surface area contributed by atoms with E-state index in [9.17, 15) is 8.42 Å². The number of hydrogen-bond acceptors (Lipinski definition) is 7. The number of hydrogen-bond donors (Lipinski definition) is 0. The number of aromatic nitrogens is 3. The summed E-state index contributed by atoms with van der Waals surface area (Å²) in [5.74, 6) is 0.842. The van der Waals surface area contributed by atoms with Crippen molar-refractivity contribution in [3.63, 3.8) is 0 Å². The zero-order valence-corrected chi connectivity index (χ0v) is 11.5. The van der Waals surface area contributed by atoms with E-state index >= 15 is 0 Å². The van der Waals surface area contributed by atoms with Gasteiger partial charge in [0.15, 0.2) is 9.84 Å². The highest BCUT2D eigenvalue weighted by Crippen LogP contribution is 2.27. The molecule has 1 aliphatic heterocycles. The van der Waals surface area contributed by atoms with Gasteiger partial charge in [-0.15, -0.1) is 0 Å². The predicted molar refractivity (Wildman–Crippen MR) is 69.8 cm³/mol. The predicted octanol–water partition coefficient (Wildman–Crippen LogP) is 0.550. The molecule has 2 aromatic heterocycles. The number of aryl methyl sites for hydroxylation is 1. The average molecular weight is 282 g/mol. The minimum Gasteiger partial charge on any atom is -0.354 e. The van der Waals surface area contributed by atoms with E-state index in [1.54, 1.807) is 6.92 Å². The van der Waals surface area contributed by atoms with Gasteiger partial charge in [0, 0.05) is 13.1 Å². The van der Waals surface area contributed by atoms with Crippen LogP contribution in [0.1, 0.15) is 12.6 Å². The van der Waals surface area contributed by atoms with Crippen molar-refractivity contribution >= 4 is 26.8 Å². The molecule has 0 unspecified atom stereocenters. The zero-order valence-electron chi connectivity index (χ0n) is 10.7. The molecule has 0 aromatic carbocycles. The van der Waals surface area contributed by atoms with Crippen LogP contribution in [-0.2, 0) is 9.84 Å². The van der Waals surface area contributed by atoms with Crippen LogP contribution in [0, 0.1) is 6.92 Å². The van der Waals surface area contributed by atoms with Gasteiger partial charge in [-0.3, -0.25) is 0 Å². The van der Waals surface area contributed by atoms with Crippen LogP contribution in [0.25, 0.3) is 11.1 Å². The van der Waals surface area contributed by atoms with Crippen LogP contribution < -0.4 is 4.90 Å². The Morgan fingerprint density at radius 1 is 1.42 bits per heavy atom. The summed E-state index contributed by atoms with van der Waals surface area (Å²) in [6.45, 7) is 4.41. The van der Waals surface area contributed by atoms with Crippen molar-refractivity contribution in [3.05, 3.63) is 12.0 Å². The summed E-state index contributed by atoms with van der Waals surface area (Å²) in [5, 5.41) is 4.24. The van der Waals surface area contributed by atoms with Crippen LogP contribution in [0.5, 0.6) is 0 Å². The summed E-state index contributed by atoms with van der Waals surface area (Å²) in [6.07, 6.45) is 1.41. The van der Waals surface area contributed by atoms with Crippen molar-refractivity contribution in [1.29, 1.82) is 0 Å². The SMILES string of the molecule is Cc1noc2ncnc(N3CCS(=O)(=O)[C@H](C)C3)c12. The molecule has 102 valence electrons. The quantitative estimate of drug-likeness (QED) is 0.754. The molecule has 1 saturated heterocycles. The van der Waals surface area contributed by atoms with Crippen LogP contribution in [0.2, 0.25) is 0 Å². The van der Waals surface area contributed by atoms with E-state index in [1.807, 2.05) is 11.8 Å². The van der Waals surface area contributed by atoms with Gasteiger partial charge in [-0.25, -0.2) is 13.4 Å². The van der Waals surface area contributed by atoms with Crippen LogP contribution in [0.15, 0.2) is 10.9 Å². The highest BCUT2D eigenvalue weighted by molar-refractivity contribution is 7.92. The van der Waals surface area contributed by atoms with Gasteiger partial charge in [0.2, 0.25) is 0 Å². The zero-order chi connectivity index (χ0) is 13.6. The second-order valence-electron chi connectivity index (χ2n) is 4.77. The fraction of sp³-hybridized carbons (Fsp3) is 0.545. The molecule has 3 rings (SSSR count). The van der Waals surface area contributed by atoms with E-state index in [0.717, 1.165) is 5.39 Å². The van der Waals surface area contributed by atoms with Gasteiger partial charge < -0.3 is 9.42 Å². The van der Waals surface area contributed by atoms with E-state index in [1.165, 1.54) is 6.33 Å². The highest BCUT2D eigenvalue weighted by Gasteiger charge is 2.31. The lowest BCUT2D eigenvalue weighted by Gasteiger charge is -2.31. The monoisotopic (exact) mass is 282 g/mol. The highest BCUT2D eigenvalue weighted by atomic mass is 32.2. The third kappa shape index (κ3) is 1.95. The van der Waals surface area contributed by atoms with E-state index in [2.05, 4.69) is 15.1 Å². The lowest BCUT2D eigenvalue weighted by Crippen LogP contribution is -2.46. The standard InChI is InChI=1S/C11H14N4O3S/c1-7-5-15(3-4-19(7,16)17)10-9-8(2)14-18-11(9)13-6-12-10/h6-7H,3-5H2,1-2H3/t7-/m1/s1. The molecule has 7 nitrogen and oxygen atoms in total. The van der Waals surface area contributed by atoms with Crippen molar-refractivity contribution in [2.75, 3.05) is 23.7 Å². The number of fused-ring (bicyclic) bond motifs is 1. The molecule has 1 aliphatic rings. The lowest BCUT2D eigenvalue weighted by molar-refractivity contribution is 0.442. The van der Waals surface area contributed by atoms with Gasteiger partial charge in [-0.2, -0.15) is 4.98 Å². The Balaban J connectivity index is 2.04. The molecule has 2 aromatic rings. The second kappa shape index (κ2) is 4.16. The molecule has 0 spiro atoms. The van der Waals surface area contributed by atoms with Crippen molar-refractivity contribution in [3.8, 4) is 0 Å². The molecule has 0 N–H and O–H groups in total. The Kier molecular flexibility index (Phi) is 2.70. The van der Waals surface area contributed by atoms with Gasteiger partial charge in [0.05, 0.1) is 16.7 Å². The normalized spacial score (nSPS) is 22.8. The maximum atomic E-state index is 11.7. The molecule has 1 atom stereocenters. The first-order valence-electron chi connectivity index (χ1n) is 6.02. The number of anilines is 1. The first-order chi connectivity index (χ1) is 8.99. The summed E-state index contributed by atoms with van der Waals surface area (Å²) in [7, 11) is -2.98. The van der Waals surface area contributed by atoms with Crippen LogP contribution >= 0.6 is 0 Å². The van der Waals surface area contributed by atoms with Gasteiger partial charge in [-0.05, 0) is 13.8 Å². The molecule has 0 amide bonds. The molecule has 8 heteroatoms. The summed E-state index contributed by atoms with van der Waals surface area (Å²) in [6, 6.07) is 0. The van der Waals surface area contributed by atoms with Crippen molar-refractivity contribution in [2.24, 2.45) is 0 Å². The third-order valence-electron chi connectivity index (χ3n) is 3.46. The Morgan fingerprint density at radius 3 is 2.95 bits per heavy atom. The smallest absolute Gasteiger partial charge is 0.263 e. The van der Waals surface area contributed by atoms with Crippen molar-refractivity contribution in [1.82, 2.24) is 15.1 Å². The van der Waals surface area contributed by atoms with E-state index < -0.39 is 15.1 Å². The maximum absolute atomic E-state index is 11.7. The first kappa shape index (κ1) is 12.3. The first-order valence-corrected chi connectivity index (χ1v) is 7.74. The lowest BCUT2D eigenvalue weighted by atomic mass is 10.2. The summed E-state index contributed by atoms with van der Waals surface area (Å²) in [4.78, 5) is 10.2. The van der Waals surface area contributed by atoms with Crippen molar-refractivity contribution < 1.29 is 12.9 Å². The minimum absolute atomic E-state index is 0.143. The minimum atomic E-state index is -2.98. The second-order valence-corrected chi connectivity index (χ2v) is 7.31. The molecule has 0 radical (unpaired) electrons. The van der Waals surface area contributed by atoms with E-state index in [4.69, 9.17) is 4.52 Å². The van der Waals surface area contributed by atoms with Crippen molar-refractivity contribution in [2.45, 2.75) is 19.1 Å². The molecular formula is C11H14N4O3S.